The number of urea groups is 1. The molecule has 0 bridgehead atoms. The van der Waals surface area contributed by atoms with Crippen molar-refractivity contribution in [1.82, 2.24) is 24.6 Å². The monoisotopic (exact) mass is 626 g/mol. The molecule has 0 atom stereocenters. The van der Waals surface area contributed by atoms with Gasteiger partial charge in [-0.1, -0.05) is 30.0 Å². The number of anilines is 1. The minimum atomic E-state index is -0.492. The Morgan fingerprint density at radius 2 is 1.68 bits per heavy atom. The normalized spacial score (nSPS) is 13.5. The molecule has 5 aromatic rings. The SMILES string of the molecule is CC(C)(C)OC(=O)N1CCC(c2ccc(C#Cc3cc(NC(=O)NCc4ccn5ccnc5c4)ccc3-c3ccncc3)cc2)CC1. The number of likely N-dealkylation sites (tertiary alicyclic amines) is 1. The molecule has 0 radical (unpaired) electrons. The van der Waals surface area contributed by atoms with E-state index in [4.69, 9.17) is 4.74 Å². The number of ether oxygens (including phenoxy) is 1. The van der Waals surface area contributed by atoms with Crippen molar-refractivity contribution in [3.05, 3.63) is 120 Å². The van der Waals surface area contributed by atoms with Crippen LogP contribution in [-0.2, 0) is 11.3 Å². The lowest BCUT2D eigenvalue weighted by atomic mass is 9.89. The molecule has 1 aliphatic rings. The second kappa shape index (κ2) is 13.8. The number of rotatable bonds is 5. The van der Waals surface area contributed by atoms with Gasteiger partial charge in [0.1, 0.15) is 11.2 Å². The van der Waals surface area contributed by atoms with Gasteiger partial charge in [-0.25, -0.2) is 14.6 Å². The molecule has 9 nitrogen and oxygen atoms in total. The summed E-state index contributed by atoms with van der Waals surface area (Å²) in [5, 5.41) is 5.86. The number of nitrogens with one attached hydrogen (secondary N) is 2. The molecular weight excluding hydrogens is 588 g/mol. The van der Waals surface area contributed by atoms with Gasteiger partial charge in [0.2, 0.25) is 0 Å². The molecule has 4 heterocycles. The first kappa shape index (κ1) is 31.4. The quantitative estimate of drug-likeness (QED) is 0.201. The average Bonchev–Trinajstić information content (AvgIpc) is 3.55. The molecule has 1 aliphatic heterocycles. The Bertz CT molecular complexity index is 1930. The first-order valence-corrected chi connectivity index (χ1v) is 15.8. The van der Waals surface area contributed by atoms with E-state index in [1.54, 1.807) is 23.5 Å². The van der Waals surface area contributed by atoms with E-state index < -0.39 is 5.60 Å². The number of fused-ring (bicyclic) bond motifs is 1. The number of pyridine rings is 2. The first-order valence-electron chi connectivity index (χ1n) is 15.8. The van der Waals surface area contributed by atoms with E-state index >= 15 is 0 Å². The maximum Gasteiger partial charge on any atom is 0.410 e. The van der Waals surface area contributed by atoms with Gasteiger partial charge in [0, 0.05) is 67.4 Å². The van der Waals surface area contributed by atoms with Gasteiger partial charge in [0.05, 0.1) is 0 Å². The molecule has 3 amide bonds. The summed E-state index contributed by atoms with van der Waals surface area (Å²) >= 11 is 0. The van der Waals surface area contributed by atoms with Crippen molar-refractivity contribution >= 4 is 23.5 Å². The third kappa shape index (κ3) is 8.16. The summed E-state index contributed by atoms with van der Waals surface area (Å²) in [7, 11) is 0. The highest BCUT2D eigenvalue weighted by Crippen LogP contribution is 2.29. The van der Waals surface area contributed by atoms with Crippen LogP contribution in [-0.4, -0.2) is 50.1 Å². The predicted octanol–water partition coefficient (Wildman–Crippen LogP) is 7.23. The molecular formula is C38H38N6O3. The van der Waals surface area contributed by atoms with Crippen molar-refractivity contribution in [3.63, 3.8) is 0 Å². The summed E-state index contributed by atoms with van der Waals surface area (Å²) < 4.78 is 7.46. The van der Waals surface area contributed by atoms with Crippen molar-refractivity contribution in [2.75, 3.05) is 18.4 Å². The fourth-order valence-corrected chi connectivity index (χ4v) is 5.63. The first-order chi connectivity index (χ1) is 22.7. The average molecular weight is 627 g/mol. The lowest BCUT2D eigenvalue weighted by molar-refractivity contribution is 0.0205. The number of aromatic nitrogens is 3. The number of imidazole rings is 1. The minimum absolute atomic E-state index is 0.240. The highest BCUT2D eigenvalue weighted by atomic mass is 16.6. The third-order valence-corrected chi connectivity index (χ3v) is 8.05. The lowest BCUT2D eigenvalue weighted by Gasteiger charge is -2.33. The van der Waals surface area contributed by atoms with E-state index in [-0.39, 0.29) is 12.1 Å². The summed E-state index contributed by atoms with van der Waals surface area (Å²) in [6.07, 6.45) is 10.6. The van der Waals surface area contributed by atoms with E-state index in [9.17, 15) is 9.59 Å². The van der Waals surface area contributed by atoms with E-state index in [0.717, 1.165) is 46.3 Å². The molecule has 2 N–H and O–H groups in total. The maximum atomic E-state index is 12.8. The Balaban J connectivity index is 1.12. The molecule has 0 aliphatic carbocycles. The van der Waals surface area contributed by atoms with Gasteiger partial charge in [0.25, 0.3) is 0 Å². The van der Waals surface area contributed by atoms with Crippen molar-refractivity contribution in [1.29, 1.82) is 0 Å². The second-order valence-corrected chi connectivity index (χ2v) is 12.6. The summed E-state index contributed by atoms with van der Waals surface area (Å²) in [5.74, 6) is 7.04. The van der Waals surface area contributed by atoms with E-state index in [1.807, 2.05) is 92.2 Å². The number of piperidine rings is 1. The fraction of sp³-hybridized carbons (Fsp3) is 0.263. The Hall–Kier alpha value is -5.62. The van der Waals surface area contributed by atoms with E-state index in [1.165, 1.54) is 5.56 Å². The molecule has 238 valence electrons. The second-order valence-electron chi connectivity index (χ2n) is 12.6. The molecule has 0 spiro atoms. The largest absolute Gasteiger partial charge is 0.444 e. The minimum Gasteiger partial charge on any atom is -0.444 e. The van der Waals surface area contributed by atoms with Crippen LogP contribution in [0.25, 0.3) is 16.8 Å². The smallest absolute Gasteiger partial charge is 0.410 e. The Labute approximate surface area is 275 Å². The van der Waals surface area contributed by atoms with Crippen LogP contribution < -0.4 is 10.6 Å². The number of amides is 3. The van der Waals surface area contributed by atoms with Crippen molar-refractivity contribution in [3.8, 4) is 23.0 Å². The van der Waals surface area contributed by atoms with Crippen molar-refractivity contribution in [2.24, 2.45) is 0 Å². The summed E-state index contributed by atoms with van der Waals surface area (Å²) in [4.78, 5) is 35.5. The number of carbonyl (C=O) groups excluding carboxylic acids is 2. The number of nitrogens with zero attached hydrogens (tertiary/aromatic N) is 4. The van der Waals surface area contributed by atoms with Gasteiger partial charge >= 0.3 is 12.1 Å². The molecule has 0 unspecified atom stereocenters. The van der Waals surface area contributed by atoms with Crippen LogP contribution in [0, 0.1) is 11.8 Å². The Kier molecular flexibility index (Phi) is 9.20. The Morgan fingerprint density at radius 1 is 0.915 bits per heavy atom. The molecule has 2 aromatic carbocycles. The van der Waals surface area contributed by atoms with Crippen LogP contribution >= 0.6 is 0 Å². The highest BCUT2D eigenvalue weighted by molar-refractivity contribution is 5.90. The molecule has 0 saturated carbocycles. The third-order valence-electron chi connectivity index (χ3n) is 8.05. The zero-order valence-electron chi connectivity index (χ0n) is 26.9. The van der Waals surface area contributed by atoms with Crippen LogP contribution in [0.3, 0.4) is 0 Å². The van der Waals surface area contributed by atoms with Crippen molar-refractivity contribution < 1.29 is 14.3 Å². The van der Waals surface area contributed by atoms with Crippen LogP contribution in [0.5, 0.6) is 0 Å². The van der Waals surface area contributed by atoms with Crippen LogP contribution in [0.2, 0.25) is 0 Å². The van der Waals surface area contributed by atoms with Crippen LogP contribution in [0.4, 0.5) is 15.3 Å². The molecule has 47 heavy (non-hydrogen) atoms. The lowest BCUT2D eigenvalue weighted by Crippen LogP contribution is -2.41. The predicted molar refractivity (Wildman–Crippen MR) is 183 cm³/mol. The number of carbonyl (C=O) groups is 2. The molecule has 9 heteroatoms. The van der Waals surface area contributed by atoms with Gasteiger partial charge in [0.15, 0.2) is 0 Å². The van der Waals surface area contributed by atoms with E-state index in [2.05, 4.69) is 44.6 Å². The number of hydrogen-bond acceptors (Lipinski definition) is 5. The zero-order chi connectivity index (χ0) is 32.8. The summed E-state index contributed by atoms with van der Waals surface area (Å²) in [5.41, 5.74) is 6.80. The van der Waals surface area contributed by atoms with E-state index in [0.29, 0.717) is 31.2 Å². The van der Waals surface area contributed by atoms with Gasteiger partial charge in [-0.3, -0.25) is 4.98 Å². The number of benzene rings is 2. The highest BCUT2D eigenvalue weighted by Gasteiger charge is 2.27. The zero-order valence-corrected chi connectivity index (χ0v) is 26.9. The number of hydrogen-bond donors (Lipinski definition) is 2. The van der Waals surface area contributed by atoms with Gasteiger partial charge < -0.3 is 24.7 Å². The van der Waals surface area contributed by atoms with Gasteiger partial charge in [-0.2, -0.15) is 0 Å². The summed E-state index contributed by atoms with van der Waals surface area (Å²) in [6.45, 7) is 7.41. The maximum absolute atomic E-state index is 12.8. The Morgan fingerprint density at radius 3 is 2.43 bits per heavy atom. The molecule has 6 rings (SSSR count). The summed E-state index contributed by atoms with van der Waals surface area (Å²) in [6, 6.07) is 21.6. The van der Waals surface area contributed by atoms with Gasteiger partial charge in [-0.15, -0.1) is 0 Å². The van der Waals surface area contributed by atoms with Crippen molar-refractivity contribution in [2.45, 2.75) is 51.7 Å². The molecule has 1 fully saturated rings. The topological polar surface area (TPSA) is 101 Å². The molecule has 3 aromatic heterocycles. The van der Waals surface area contributed by atoms with Gasteiger partial charge in [-0.05, 0) is 110 Å². The molecule has 1 saturated heterocycles. The fourth-order valence-electron chi connectivity index (χ4n) is 5.63. The van der Waals surface area contributed by atoms with Crippen LogP contribution in [0.15, 0.2) is 97.7 Å². The van der Waals surface area contributed by atoms with Crippen LogP contribution in [0.1, 0.15) is 61.8 Å². The standard InChI is InChI=1S/C38H38N6O3/c1-38(2,3)47-37(46)44-21-15-30(16-22-44)29-7-4-27(5-8-29)6-9-32-25-33(10-11-34(32)31-12-17-39-18-13-31)42-36(45)41-26-28-14-20-43-23-19-40-35(43)24-28/h4-5,7-8,10-14,17-20,23-25,30H,15-16,21-22,26H2,1-3H3,(H2,41,42,45).